The molecule has 1 aliphatic heterocycles. The third-order valence-electron chi connectivity index (χ3n) is 3.94. The lowest BCUT2D eigenvalue weighted by Gasteiger charge is -2.30. The first-order valence-corrected chi connectivity index (χ1v) is 9.24. The normalized spacial score (nSPS) is 26.3. The zero-order valence-electron chi connectivity index (χ0n) is 13.2. The molecule has 0 aromatic rings. The van der Waals surface area contributed by atoms with Crippen LogP contribution in [-0.2, 0) is 19.6 Å². The summed E-state index contributed by atoms with van der Waals surface area (Å²) in [6.45, 7) is 2.06. The Balaban J connectivity index is 0.000000351. The molecule has 2 fully saturated rings. The third-order valence-corrected chi connectivity index (χ3v) is 5.99. The van der Waals surface area contributed by atoms with Crippen molar-refractivity contribution in [3.63, 3.8) is 0 Å². The summed E-state index contributed by atoms with van der Waals surface area (Å²) in [5.74, 6) is -2.17. The number of halogens is 3. The highest BCUT2D eigenvalue weighted by atomic mass is 32.2. The van der Waals surface area contributed by atoms with Gasteiger partial charge in [-0.05, 0) is 31.6 Å². The zero-order valence-corrected chi connectivity index (χ0v) is 14.0. The smallest absolute Gasteiger partial charge is 0.475 e. The second kappa shape index (κ2) is 8.97. The first-order chi connectivity index (χ1) is 11.0. The molecule has 0 unspecified atom stereocenters. The number of nitrogens with zero attached hydrogens (tertiary/aromatic N) is 1. The van der Waals surface area contributed by atoms with Crippen LogP contribution in [0, 0.1) is 5.92 Å². The second-order valence-electron chi connectivity index (χ2n) is 5.87. The number of carboxylic acids is 1. The monoisotopic (exact) mass is 376 g/mol. The molecular weight excluding hydrogens is 353 g/mol. The predicted octanol–water partition coefficient (Wildman–Crippen LogP) is 0.799. The van der Waals surface area contributed by atoms with Crippen molar-refractivity contribution in [2.45, 2.75) is 37.9 Å². The van der Waals surface area contributed by atoms with Crippen molar-refractivity contribution >= 4 is 16.0 Å². The Hall–Kier alpha value is -0.910. The Bertz CT molecular complexity index is 498. The maximum absolute atomic E-state index is 12.2. The minimum absolute atomic E-state index is 0.275. The number of morpholine rings is 1. The van der Waals surface area contributed by atoms with Gasteiger partial charge in [-0.3, -0.25) is 0 Å². The molecule has 0 aromatic heterocycles. The summed E-state index contributed by atoms with van der Waals surface area (Å²) in [4.78, 5) is 8.90. The summed E-state index contributed by atoms with van der Waals surface area (Å²) in [6.07, 6.45) is -1.26. The summed E-state index contributed by atoms with van der Waals surface area (Å²) < 4.78 is 62.8. The van der Waals surface area contributed by atoms with Crippen LogP contribution in [-0.4, -0.2) is 68.1 Å². The van der Waals surface area contributed by atoms with E-state index in [1.165, 1.54) is 0 Å². The van der Waals surface area contributed by atoms with Gasteiger partial charge in [0.2, 0.25) is 10.0 Å². The van der Waals surface area contributed by atoms with Gasteiger partial charge in [0.1, 0.15) is 0 Å². The quantitative estimate of drug-likeness (QED) is 0.754. The van der Waals surface area contributed by atoms with E-state index < -0.39 is 22.2 Å². The predicted molar refractivity (Wildman–Crippen MR) is 79.8 cm³/mol. The number of rotatable bonds is 3. The van der Waals surface area contributed by atoms with E-state index in [-0.39, 0.29) is 6.04 Å². The van der Waals surface area contributed by atoms with Crippen molar-refractivity contribution in [1.29, 1.82) is 0 Å². The molecule has 1 heterocycles. The van der Waals surface area contributed by atoms with Gasteiger partial charge in [0.15, 0.2) is 0 Å². The van der Waals surface area contributed by atoms with Crippen LogP contribution < -0.4 is 5.73 Å². The molecule has 3 N–H and O–H groups in total. The zero-order chi connectivity index (χ0) is 18.4. The second-order valence-corrected chi connectivity index (χ2v) is 7.89. The van der Waals surface area contributed by atoms with Crippen LogP contribution in [0.15, 0.2) is 0 Å². The molecule has 7 nitrogen and oxygen atoms in total. The average Bonchev–Trinajstić information content (AvgIpc) is 2.50. The van der Waals surface area contributed by atoms with Gasteiger partial charge >= 0.3 is 12.1 Å². The van der Waals surface area contributed by atoms with E-state index in [0.29, 0.717) is 38.0 Å². The van der Waals surface area contributed by atoms with Crippen molar-refractivity contribution in [3.05, 3.63) is 0 Å². The van der Waals surface area contributed by atoms with Crippen molar-refractivity contribution in [2.24, 2.45) is 11.7 Å². The summed E-state index contributed by atoms with van der Waals surface area (Å²) in [7, 11) is -3.09. The lowest BCUT2D eigenvalue weighted by atomic mass is 9.88. The molecule has 0 spiro atoms. The minimum atomic E-state index is -5.08. The first-order valence-electron chi connectivity index (χ1n) is 7.63. The number of sulfonamides is 1. The average molecular weight is 376 g/mol. The van der Waals surface area contributed by atoms with E-state index in [1.54, 1.807) is 4.31 Å². The van der Waals surface area contributed by atoms with Gasteiger partial charge < -0.3 is 15.6 Å². The molecule has 1 aliphatic carbocycles. The molecule has 1 saturated carbocycles. The van der Waals surface area contributed by atoms with E-state index in [2.05, 4.69) is 0 Å². The molecule has 0 radical (unpaired) electrons. The number of nitrogens with two attached hydrogens (primary N) is 1. The highest BCUT2D eigenvalue weighted by Gasteiger charge is 2.38. The molecular formula is C13H23F3N2O5S. The first kappa shape index (κ1) is 21.1. The maximum Gasteiger partial charge on any atom is 0.490 e. The van der Waals surface area contributed by atoms with Gasteiger partial charge in [-0.2, -0.15) is 17.5 Å². The fraction of sp³-hybridized carbons (Fsp3) is 0.923. The van der Waals surface area contributed by atoms with Crippen molar-refractivity contribution < 1.29 is 36.2 Å². The fourth-order valence-corrected chi connectivity index (χ4v) is 4.43. The minimum Gasteiger partial charge on any atom is -0.475 e. The van der Waals surface area contributed by atoms with E-state index in [0.717, 1.165) is 25.7 Å². The number of carboxylic acid groups (broad SMARTS) is 1. The largest absolute Gasteiger partial charge is 0.490 e. The molecule has 2 aliphatic rings. The molecule has 0 bridgehead atoms. The van der Waals surface area contributed by atoms with E-state index >= 15 is 0 Å². The molecule has 24 heavy (non-hydrogen) atoms. The number of aliphatic carboxylic acids is 1. The van der Waals surface area contributed by atoms with Crippen LogP contribution in [0.5, 0.6) is 0 Å². The van der Waals surface area contributed by atoms with Crippen LogP contribution in [0.2, 0.25) is 0 Å². The Morgan fingerprint density at radius 3 is 2.04 bits per heavy atom. The van der Waals surface area contributed by atoms with Gasteiger partial charge in [0, 0.05) is 19.1 Å². The molecule has 0 aromatic carbocycles. The molecule has 0 amide bonds. The summed E-state index contributed by atoms with van der Waals surface area (Å²) in [5.41, 5.74) is 5.83. The number of hydrogen-bond donors (Lipinski definition) is 2. The van der Waals surface area contributed by atoms with Gasteiger partial charge in [0.05, 0.1) is 19.0 Å². The molecule has 142 valence electrons. The van der Waals surface area contributed by atoms with E-state index in [9.17, 15) is 21.6 Å². The topological polar surface area (TPSA) is 110 Å². The number of carbonyl (C=O) groups is 1. The Kier molecular flexibility index (Phi) is 7.90. The number of alkyl halides is 3. The highest BCUT2D eigenvalue weighted by Crippen LogP contribution is 2.25. The maximum atomic E-state index is 12.2. The molecule has 0 atom stereocenters. The lowest BCUT2D eigenvalue weighted by Crippen LogP contribution is -2.43. The Morgan fingerprint density at radius 2 is 1.62 bits per heavy atom. The molecule has 1 saturated heterocycles. The van der Waals surface area contributed by atoms with Crippen LogP contribution in [0.25, 0.3) is 0 Å². The number of ether oxygens (including phenoxy) is 1. The van der Waals surface area contributed by atoms with Crippen LogP contribution >= 0.6 is 0 Å². The Morgan fingerprint density at radius 1 is 1.17 bits per heavy atom. The molecule has 2 rings (SSSR count). The van der Waals surface area contributed by atoms with Crippen LogP contribution in [0.3, 0.4) is 0 Å². The van der Waals surface area contributed by atoms with Crippen molar-refractivity contribution in [2.75, 3.05) is 32.1 Å². The molecule has 11 heteroatoms. The standard InChI is InChI=1S/C11H22N2O3S.C2HF3O2/c12-11-3-1-10(2-4-11)9-17(14,15)13-5-7-16-8-6-13;3-2(4,5)1(6)7/h10-11H,1-9,12H2;(H,6,7). The van der Waals surface area contributed by atoms with Crippen molar-refractivity contribution in [3.8, 4) is 0 Å². The summed E-state index contributed by atoms with van der Waals surface area (Å²) >= 11 is 0. The third kappa shape index (κ3) is 7.32. The summed E-state index contributed by atoms with van der Waals surface area (Å²) in [6, 6.07) is 0.275. The van der Waals surface area contributed by atoms with Crippen molar-refractivity contribution in [1.82, 2.24) is 4.31 Å². The Labute approximate surface area is 139 Å². The van der Waals surface area contributed by atoms with Gasteiger partial charge in [0.25, 0.3) is 0 Å². The summed E-state index contributed by atoms with van der Waals surface area (Å²) in [5, 5.41) is 7.12. The fourth-order valence-electron chi connectivity index (χ4n) is 2.58. The lowest BCUT2D eigenvalue weighted by molar-refractivity contribution is -0.192. The SMILES string of the molecule is NC1CCC(CS(=O)(=O)N2CCOCC2)CC1.O=C(O)C(F)(F)F. The highest BCUT2D eigenvalue weighted by molar-refractivity contribution is 7.89. The van der Waals surface area contributed by atoms with Crippen LogP contribution in [0.4, 0.5) is 13.2 Å². The van der Waals surface area contributed by atoms with E-state index in [1.807, 2.05) is 0 Å². The van der Waals surface area contributed by atoms with Gasteiger partial charge in [-0.1, -0.05) is 0 Å². The van der Waals surface area contributed by atoms with Gasteiger partial charge in [-0.15, -0.1) is 0 Å². The van der Waals surface area contributed by atoms with Gasteiger partial charge in [-0.25, -0.2) is 13.2 Å². The van der Waals surface area contributed by atoms with E-state index in [4.69, 9.17) is 20.4 Å². The van der Waals surface area contributed by atoms with Crippen LogP contribution in [0.1, 0.15) is 25.7 Å². The number of hydrogen-bond acceptors (Lipinski definition) is 5.